The van der Waals surface area contributed by atoms with E-state index in [-0.39, 0.29) is 6.04 Å². The lowest BCUT2D eigenvalue weighted by atomic mass is 9.98. The number of hydrogen-bond acceptors (Lipinski definition) is 2. The van der Waals surface area contributed by atoms with E-state index in [2.05, 4.69) is 215 Å². The van der Waals surface area contributed by atoms with Gasteiger partial charge in [-0.25, -0.2) is 4.99 Å². The van der Waals surface area contributed by atoms with Gasteiger partial charge in [0, 0.05) is 38.5 Å². The lowest BCUT2D eigenvalue weighted by Crippen LogP contribution is -2.31. The Morgan fingerprint density at radius 3 is 1.79 bits per heavy atom. The monoisotopic (exact) mass is 716 g/mol. The number of fused-ring (bicyclic) bond motifs is 6. The highest BCUT2D eigenvalue weighted by Crippen LogP contribution is 2.41. The summed E-state index contributed by atoms with van der Waals surface area (Å²) in [5.41, 5.74) is 13.7. The average molecular weight is 717 g/mol. The van der Waals surface area contributed by atoms with E-state index in [9.17, 15) is 0 Å². The third-order valence-electron chi connectivity index (χ3n) is 11.2. The molecule has 1 aliphatic heterocycles. The van der Waals surface area contributed by atoms with Crippen LogP contribution in [0.3, 0.4) is 0 Å². The zero-order valence-corrected chi connectivity index (χ0v) is 30.5. The molecule has 0 bridgehead atoms. The number of benzene rings is 8. The number of nitrogens with zero attached hydrogens (tertiary/aromatic N) is 3. The largest absolute Gasteiger partial charge is 0.359 e. The Hall–Kier alpha value is -7.43. The summed E-state index contributed by atoms with van der Waals surface area (Å²) in [6.07, 6.45) is 2.25. The molecular formula is C52H36N4. The highest BCUT2D eigenvalue weighted by Gasteiger charge is 2.22. The molecule has 11 rings (SSSR count). The van der Waals surface area contributed by atoms with E-state index in [1.807, 2.05) is 6.07 Å². The summed E-state index contributed by atoms with van der Waals surface area (Å²) < 4.78 is 4.82. The summed E-state index contributed by atoms with van der Waals surface area (Å²) in [5.74, 6) is 0.867. The van der Waals surface area contributed by atoms with Crippen molar-refractivity contribution in [3.8, 4) is 22.5 Å². The van der Waals surface area contributed by atoms with Gasteiger partial charge in [0.25, 0.3) is 0 Å². The van der Waals surface area contributed by atoms with Crippen LogP contribution in [0, 0.1) is 0 Å². The van der Waals surface area contributed by atoms with Crippen molar-refractivity contribution in [3.63, 3.8) is 0 Å². The lowest BCUT2D eigenvalue weighted by Gasteiger charge is -2.25. The molecule has 0 spiro atoms. The maximum atomic E-state index is 5.11. The maximum Gasteiger partial charge on any atom is 0.134 e. The molecule has 0 amide bonds. The van der Waals surface area contributed by atoms with E-state index in [1.165, 1.54) is 60.3 Å². The topological polar surface area (TPSA) is 34.2 Å². The number of aromatic nitrogens is 2. The first-order valence-corrected chi connectivity index (χ1v) is 19.2. The molecule has 0 saturated heterocycles. The third kappa shape index (κ3) is 5.26. The predicted octanol–water partition coefficient (Wildman–Crippen LogP) is 12.7. The molecule has 0 saturated carbocycles. The Morgan fingerprint density at radius 2 is 1.00 bits per heavy atom. The van der Waals surface area contributed by atoms with Crippen molar-refractivity contribution in [1.82, 2.24) is 14.5 Å². The summed E-state index contributed by atoms with van der Waals surface area (Å²) in [7, 11) is 0. The second kappa shape index (κ2) is 13.2. The molecule has 4 nitrogen and oxygen atoms in total. The molecule has 1 unspecified atom stereocenters. The standard InChI is InChI=1S/C52H36N4/c1-4-16-35(17-5-1)45-34-46(54-52(53-45)36-18-6-2-7-19-36)38-20-14-23-40(32-38)56-47-27-12-10-24-42(47)43-31-30-37(33-50(43)56)41-26-15-29-49-51(41)44-25-11-13-28-48(44)55(49)39-21-8-3-9-22-39/h1-34,46H,(H,53,54). The number of hydrogen-bond donors (Lipinski definition) is 1. The first-order chi connectivity index (χ1) is 27.8. The summed E-state index contributed by atoms with van der Waals surface area (Å²) in [4.78, 5) is 5.11. The predicted molar refractivity (Wildman–Crippen MR) is 234 cm³/mol. The molecule has 1 atom stereocenters. The zero-order chi connectivity index (χ0) is 37.0. The lowest BCUT2D eigenvalue weighted by molar-refractivity contribution is 0.780. The zero-order valence-electron chi connectivity index (χ0n) is 30.5. The van der Waals surface area contributed by atoms with Gasteiger partial charge in [-0.15, -0.1) is 0 Å². The average Bonchev–Trinajstić information content (AvgIpc) is 3.80. The van der Waals surface area contributed by atoms with Crippen LogP contribution < -0.4 is 5.32 Å². The Morgan fingerprint density at radius 1 is 0.411 bits per heavy atom. The minimum absolute atomic E-state index is 0.0824. The Bertz CT molecular complexity index is 3150. The minimum Gasteiger partial charge on any atom is -0.359 e. The van der Waals surface area contributed by atoms with Crippen LogP contribution in [0.5, 0.6) is 0 Å². The van der Waals surface area contributed by atoms with E-state index in [1.54, 1.807) is 0 Å². The SMILES string of the molecule is C1=C(c2ccccc2)N=C(c2ccccc2)NC1c1cccc(-n2c3ccccc3c3ccc(-c4cccc5c4c4ccccc4n5-c4ccccc4)cc32)c1. The van der Waals surface area contributed by atoms with E-state index in [4.69, 9.17) is 4.99 Å². The summed E-state index contributed by atoms with van der Waals surface area (Å²) in [6, 6.07) is 71.7. The van der Waals surface area contributed by atoms with Crippen LogP contribution in [0.1, 0.15) is 22.7 Å². The molecule has 3 heterocycles. The van der Waals surface area contributed by atoms with Crippen molar-refractivity contribution < 1.29 is 0 Å². The highest BCUT2D eigenvalue weighted by molar-refractivity contribution is 6.17. The van der Waals surface area contributed by atoms with E-state index in [0.29, 0.717) is 0 Å². The molecule has 1 aliphatic rings. The fourth-order valence-electron chi connectivity index (χ4n) is 8.62. The number of para-hydroxylation sites is 3. The molecule has 8 aromatic carbocycles. The van der Waals surface area contributed by atoms with E-state index >= 15 is 0 Å². The van der Waals surface area contributed by atoms with Gasteiger partial charge in [-0.1, -0.05) is 152 Å². The van der Waals surface area contributed by atoms with Crippen molar-refractivity contribution >= 4 is 55.1 Å². The van der Waals surface area contributed by atoms with Crippen molar-refractivity contribution in [3.05, 3.63) is 223 Å². The van der Waals surface area contributed by atoms with Gasteiger partial charge in [0.1, 0.15) is 5.84 Å². The summed E-state index contributed by atoms with van der Waals surface area (Å²) in [6.45, 7) is 0. The summed E-state index contributed by atoms with van der Waals surface area (Å²) in [5, 5.41) is 8.74. The number of rotatable bonds is 6. The van der Waals surface area contributed by atoms with Gasteiger partial charge in [-0.05, 0) is 76.9 Å². The highest BCUT2D eigenvalue weighted by atomic mass is 15.1. The second-order valence-electron chi connectivity index (χ2n) is 14.4. The van der Waals surface area contributed by atoms with Gasteiger partial charge in [0.15, 0.2) is 0 Å². The van der Waals surface area contributed by atoms with E-state index < -0.39 is 0 Å². The molecule has 0 aliphatic carbocycles. The molecule has 10 aromatic rings. The minimum atomic E-state index is -0.0824. The van der Waals surface area contributed by atoms with Gasteiger partial charge in [-0.2, -0.15) is 0 Å². The molecule has 4 heteroatoms. The molecule has 56 heavy (non-hydrogen) atoms. The van der Waals surface area contributed by atoms with Gasteiger partial charge in [-0.3, -0.25) is 0 Å². The van der Waals surface area contributed by atoms with Crippen LogP contribution in [-0.4, -0.2) is 15.0 Å². The molecule has 1 N–H and O–H groups in total. The molecule has 0 radical (unpaired) electrons. The van der Waals surface area contributed by atoms with Crippen LogP contribution >= 0.6 is 0 Å². The maximum absolute atomic E-state index is 5.11. The quantitative estimate of drug-likeness (QED) is 0.183. The van der Waals surface area contributed by atoms with Gasteiger partial charge < -0.3 is 14.5 Å². The number of nitrogens with one attached hydrogen (secondary N) is 1. The fourth-order valence-corrected chi connectivity index (χ4v) is 8.62. The van der Waals surface area contributed by atoms with E-state index in [0.717, 1.165) is 34.0 Å². The number of amidine groups is 1. The van der Waals surface area contributed by atoms with Crippen molar-refractivity contribution in [1.29, 1.82) is 0 Å². The molecule has 2 aromatic heterocycles. The Balaban J connectivity index is 1.08. The van der Waals surface area contributed by atoms with Crippen LogP contribution in [0.15, 0.2) is 211 Å². The molecule has 0 fully saturated rings. The molecule has 264 valence electrons. The van der Waals surface area contributed by atoms with Crippen molar-refractivity contribution in [2.75, 3.05) is 0 Å². The first kappa shape index (κ1) is 32.0. The van der Waals surface area contributed by atoms with Gasteiger partial charge >= 0.3 is 0 Å². The van der Waals surface area contributed by atoms with Crippen molar-refractivity contribution in [2.45, 2.75) is 6.04 Å². The van der Waals surface area contributed by atoms with Crippen molar-refractivity contribution in [2.24, 2.45) is 4.99 Å². The van der Waals surface area contributed by atoms with Gasteiger partial charge in [0.2, 0.25) is 0 Å². The normalized spacial score (nSPS) is 14.2. The summed E-state index contributed by atoms with van der Waals surface area (Å²) >= 11 is 0. The smallest absolute Gasteiger partial charge is 0.134 e. The molecular weight excluding hydrogens is 681 g/mol. The van der Waals surface area contributed by atoms with Crippen LogP contribution in [-0.2, 0) is 0 Å². The Labute approximate surface area is 324 Å². The first-order valence-electron chi connectivity index (χ1n) is 19.2. The Kier molecular flexibility index (Phi) is 7.52. The number of aliphatic imine (C=N–C) groups is 1. The van der Waals surface area contributed by atoms with Crippen LogP contribution in [0.25, 0.3) is 71.8 Å². The van der Waals surface area contributed by atoms with Gasteiger partial charge in [0.05, 0.1) is 33.8 Å². The fraction of sp³-hybridized carbons (Fsp3) is 0.0192. The third-order valence-corrected chi connectivity index (χ3v) is 11.2. The van der Waals surface area contributed by atoms with Crippen LogP contribution in [0.2, 0.25) is 0 Å². The second-order valence-corrected chi connectivity index (χ2v) is 14.4. The van der Waals surface area contributed by atoms with Crippen LogP contribution in [0.4, 0.5) is 0 Å².